The Bertz CT molecular complexity index is 946. The van der Waals surface area contributed by atoms with Crippen LogP contribution >= 0.6 is 0 Å². The Morgan fingerprint density at radius 2 is 2.07 bits per heavy atom. The fourth-order valence-electron chi connectivity index (χ4n) is 3.21. The third kappa shape index (κ3) is 4.18. The van der Waals surface area contributed by atoms with Gasteiger partial charge in [-0.05, 0) is 48.6 Å². The molecule has 1 aliphatic rings. The third-order valence-corrected chi connectivity index (χ3v) is 4.59. The van der Waals surface area contributed by atoms with E-state index in [1.54, 1.807) is 12.4 Å². The number of aromatic nitrogens is 1. The molecule has 1 N–H and O–H groups in total. The van der Waals surface area contributed by atoms with Gasteiger partial charge in [0.05, 0.1) is 6.61 Å². The minimum atomic E-state index is -0.426. The van der Waals surface area contributed by atoms with Crippen molar-refractivity contribution >= 4 is 16.9 Å². The summed E-state index contributed by atoms with van der Waals surface area (Å²) in [5, 5.41) is 3.97. The van der Waals surface area contributed by atoms with Crippen molar-refractivity contribution in [3.8, 4) is 11.8 Å². The predicted molar refractivity (Wildman–Crippen MR) is 102 cm³/mol. The quantitative estimate of drug-likeness (QED) is 0.727. The second kappa shape index (κ2) is 8.07. The summed E-state index contributed by atoms with van der Waals surface area (Å²) in [5.41, 5.74) is 1.67. The van der Waals surface area contributed by atoms with Crippen LogP contribution in [0.3, 0.4) is 0 Å². The molecule has 0 radical (unpaired) electrons. The molecule has 1 aliphatic heterocycles. The first-order valence-corrected chi connectivity index (χ1v) is 9.08. The first-order valence-electron chi connectivity index (χ1n) is 9.08. The average Bonchev–Trinajstić information content (AvgIpc) is 3.16. The highest BCUT2D eigenvalue weighted by Crippen LogP contribution is 2.28. The number of benzene rings is 1. The van der Waals surface area contributed by atoms with Gasteiger partial charge in [-0.2, -0.15) is 0 Å². The smallest absolute Gasteiger partial charge is 0.296 e. The van der Waals surface area contributed by atoms with Crippen molar-refractivity contribution in [1.29, 1.82) is 0 Å². The SMILES string of the molecule is O=C(C#CC1CCCOC1)NC(c1ccncc1)c1cc2ccccc2o1. The first kappa shape index (κ1) is 17.3. The third-order valence-electron chi connectivity index (χ3n) is 4.59. The Hall–Kier alpha value is -3.10. The van der Waals surface area contributed by atoms with E-state index in [0.29, 0.717) is 12.4 Å². The highest BCUT2D eigenvalue weighted by Gasteiger charge is 2.20. The molecule has 3 heterocycles. The molecular formula is C22H20N2O3. The zero-order valence-corrected chi connectivity index (χ0v) is 14.9. The molecule has 2 unspecified atom stereocenters. The van der Waals surface area contributed by atoms with Crippen molar-refractivity contribution in [2.75, 3.05) is 13.2 Å². The predicted octanol–water partition coefficient (Wildman–Crippen LogP) is 3.46. The van der Waals surface area contributed by atoms with Gasteiger partial charge in [-0.15, -0.1) is 0 Å². The summed E-state index contributed by atoms with van der Waals surface area (Å²) in [6, 6.07) is 13.0. The number of rotatable bonds is 3. The van der Waals surface area contributed by atoms with E-state index in [0.717, 1.165) is 36.0 Å². The number of carbonyl (C=O) groups excluding carboxylic acids is 1. The molecule has 27 heavy (non-hydrogen) atoms. The number of fused-ring (bicyclic) bond motifs is 1. The highest BCUT2D eigenvalue weighted by molar-refractivity contribution is 5.94. The Labute approximate surface area is 157 Å². The van der Waals surface area contributed by atoms with Gasteiger partial charge >= 0.3 is 0 Å². The van der Waals surface area contributed by atoms with Gasteiger partial charge in [0.25, 0.3) is 5.91 Å². The molecule has 0 spiro atoms. The lowest BCUT2D eigenvalue weighted by molar-refractivity contribution is -0.116. The standard InChI is InChI=1S/C22H20N2O3/c25-21(8-7-16-4-3-13-26-15-16)24-22(17-9-11-23-12-10-17)20-14-18-5-1-2-6-19(18)27-20/h1-2,5-6,9-12,14,16,22H,3-4,13,15H2,(H,24,25). The molecule has 2 atom stereocenters. The minimum Gasteiger partial charge on any atom is -0.459 e. The second-order valence-corrected chi connectivity index (χ2v) is 6.56. The maximum absolute atomic E-state index is 12.5. The van der Waals surface area contributed by atoms with Crippen LogP contribution in [-0.4, -0.2) is 24.1 Å². The summed E-state index contributed by atoms with van der Waals surface area (Å²) in [7, 11) is 0. The zero-order chi connectivity index (χ0) is 18.5. The van der Waals surface area contributed by atoms with Gasteiger partial charge in [-0.25, -0.2) is 0 Å². The summed E-state index contributed by atoms with van der Waals surface area (Å²) in [5.74, 6) is 6.20. The largest absolute Gasteiger partial charge is 0.459 e. The first-order chi connectivity index (χ1) is 13.3. The van der Waals surface area contributed by atoms with Gasteiger partial charge in [0.15, 0.2) is 0 Å². The molecule has 1 amide bonds. The van der Waals surface area contributed by atoms with Gasteiger partial charge < -0.3 is 14.5 Å². The normalized spacial score (nSPS) is 17.7. The molecule has 5 heteroatoms. The number of pyridine rings is 1. The summed E-state index contributed by atoms with van der Waals surface area (Å²) in [6.07, 6.45) is 5.35. The Kier molecular flexibility index (Phi) is 5.17. The van der Waals surface area contributed by atoms with E-state index in [1.807, 2.05) is 42.5 Å². The van der Waals surface area contributed by atoms with Gasteiger partial charge in [-0.3, -0.25) is 9.78 Å². The molecule has 4 rings (SSSR count). The summed E-state index contributed by atoms with van der Waals surface area (Å²) < 4.78 is 11.4. The lowest BCUT2D eigenvalue weighted by Crippen LogP contribution is -2.28. The van der Waals surface area contributed by atoms with Crippen molar-refractivity contribution in [3.63, 3.8) is 0 Å². The molecule has 136 valence electrons. The Balaban J connectivity index is 1.58. The topological polar surface area (TPSA) is 64.4 Å². The molecule has 3 aromatic rings. The van der Waals surface area contributed by atoms with Crippen LogP contribution in [0.15, 0.2) is 59.3 Å². The van der Waals surface area contributed by atoms with Gasteiger partial charge in [0.1, 0.15) is 17.4 Å². The van der Waals surface area contributed by atoms with Crippen LogP contribution in [-0.2, 0) is 9.53 Å². The van der Waals surface area contributed by atoms with E-state index in [9.17, 15) is 4.79 Å². The monoisotopic (exact) mass is 360 g/mol. The van der Waals surface area contributed by atoms with Gasteiger partial charge in [-0.1, -0.05) is 24.1 Å². The molecule has 0 saturated carbocycles. The number of furan rings is 1. The van der Waals surface area contributed by atoms with Crippen LogP contribution < -0.4 is 5.32 Å². The van der Waals surface area contributed by atoms with Crippen LogP contribution in [0, 0.1) is 17.8 Å². The summed E-state index contributed by atoms with van der Waals surface area (Å²) in [4.78, 5) is 16.5. The molecule has 0 aliphatic carbocycles. The molecule has 0 bridgehead atoms. The fourth-order valence-corrected chi connectivity index (χ4v) is 3.21. The van der Waals surface area contributed by atoms with Crippen LogP contribution in [0.5, 0.6) is 0 Å². The second-order valence-electron chi connectivity index (χ2n) is 6.56. The number of nitrogens with one attached hydrogen (secondary N) is 1. The van der Waals surface area contributed by atoms with Crippen molar-refractivity contribution in [1.82, 2.24) is 10.3 Å². The van der Waals surface area contributed by atoms with Crippen molar-refractivity contribution < 1.29 is 13.9 Å². The maximum atomic E-state index is 12.5. The number of carbonyl (C=O) groups is 1. The number of para-hydroxylation sites is 1. The molecular weight excluding hydrogens is 340 g/mol. The van der Waals surface area contributed by atoms with Crippen molar-refractivity contribution in [3.05, 3.63) is 66.2 Å². The van der Waals surface area contributed by atoms with Crippen LogP contribution in [0.25, 0.3) is 11.0 Å². The van der Waals surface area contributed by atoms with Crippen LogP contribution in [0.1, 0.15) is 30.2 Å². The van der Waals surface area contributed by atoms with E-state index in [-0.39, 0.29) is 11.8 Å². The number of hydrogen-bond donors (Lipinski definition) is 1. The summed E-state index contributed by atoms with van der Waals surface area (Å²) in [6.45, 7) is 1.37. The highest BCUT2D eigenvalue weighted by atomic mass is 16.5. The number of ether oxygens (including phenoxy) is 1. The molecule has 1 aromatic carbocycles. The van der Waals surface area contributed by atoms with Crippen LogP contribution in [0.2, 0.25) is 0 Å². The lowest BCUT2D eigenvalue weighted by Gasteiger charge is -2.17. The van der Waals surface area contributed by atoms with E-state index in [4.69, 9.17) is 9.15 Å². The fraction of sp³-hybridized carbons (Fsp3) is 0.273. The van der Waals surface area contributed by atoms with E-state index < -0.39 is 6.04 Å². The number of hydrogen-bond acceptors (Lipinski definition) is 4. The number of amides is 1. The number of nitrogens with zero attached hydrogens (tertiary/aromatic N) is 1. The lowest BCUT2D eigenvalue weighted by atomic mass is 10.0. The van der Waals surface area contributed by atoms with E-state index in [1.165, 1.54) is 0 Å². The molecule has 1 fully saturated rings. The Morgan fingerprint density at radius 1 is 1.22 bits per heavy atom. The minimum absolute atomic E-state index is 0.120. The molecule has 2 aromatic heterocycles. The average molecular weight is 360 g/mol. The van der Waals surface area contributed by atoms with Gasteiger partial charge in [0, 0.05) is 30.3 Å². The van der Waals surface area contributed by atoms with Gasteiger partial charge in [0.2, 0.25) is 0 Å². The summed E-state index contributed by atoms with van der Waals surface area (Å²) >= 11 is 0. The van der Waals surface area contributed by atoms with Crippen molar-refractivity contribution in [2.45, 2.75) is 18.9 Å². The Morgan fingerprint density at radius 3 is 2.85 bits per heavy atom. The molecule has 5 nitrogen and oxygen atoms in total. The molecule has 1 saturated heterocycles. The van der Waals surface area contributed by atoms with Crippen LogP contribution in [0.4, 0.5) is 0 Å². The van der Waals surface area contributed by atoms with E-state index >= 15 is 0 Å². The zero-order valence-electron chi connectivity index (χ0n) is 14.9. The van der Waals surface area contributed by atoms with E-state index in [2.05, 4.69) is 22.1 Å². The van der Waals surface area contributed by atoms with Crippen molar-refractivity contribution in [2.24, 2.45) is 5.92 Å². The maximum Gasteiger partial charge on any atom is 0.296 e.